The molecule has 1 rings (SSSR count). The molecule has 0 fully saturated rings. The van der Waals surface area contributed by atoms with Gasteiger partial charge in [0, 0.05) is 25.8 Å². The Labute approximate surface area is 119 Å². The van der Waals surface area contributed by atoms with Gasteiger partial charge in [0.2, 0.25) is 5.82 Å². The highest BCUT2D eigenvalue weighted by Crippen LogP contribution is 2.27. The topological polar surface area (TPSA) is 38.7 Å². The molecule has 0 aliphatic rings. The highest BCUT2D eigenvalue weighted by atomic mass is 28.4. The molecule has 0 saturated carbocycles. The maximum atomic E-state index is 13.5. The molecule has 0 heterocycles. The van der Waals surface area contributed by atoms with E-state index in [9.17, 15) is 26.7 Å². The minimum absolute atomic E-state index is 0.0838. The predicted octanol–water partition coefficient (Wildman–Crippen LogP) is 2.78. The van der Waals surface area contributed by atoms with Crippen molar-refractivity contribution < 1.29 is 35.6 Å². The van der Waals surface area contributed by atoms with Crippen molar-refractivity contribution in [2.45, 2.75) is 19.4 Å². The fourth-order valence-corrected chi connectivity index (χ4v) is 3.47. The van der Waals surface area contributed by atoms with Gasteiger partial charge in [0.25, 0.3) is 0 Å². The van der Waals surface area contributed by atoms with E-state index in [0.29, 0.717) is 0 Å². The molecule has 9 heteroatoms. The van der Waals surface area contributed by atoms with E-state index in [2.05, 4.69) is 0 Å². The molecule has 0 aromatic heterocycles. The molecular formula is C12H15F5O3Si. The van der Waals surface area contributed by atoms with Crippen LogP contribution in [-0.4, -0.2) is 27.8 Å². The van der Waals surface area contributed by atoms with E-state index in [0.717, 1.165) is 0 Å². The number of rotatable bonds is 6. The summed E-state index contributed by atoms with van der Waals surface area (Å²) in [4.78, 5) is 9.87. The van der Waals surface area contributed by atoms with Gasteiger partial charge >= 0.3 is 8.80 Å². The van der Waals surface area contributed by atoms with Gasteiger partial charge in [0.15, 0.2) is 23.3 Å². The molecule has 0 aliphatic carbocycles. The molecule has 120 valence electrons. The Bertz CT molecular complexity index is 493. The van der Waals surface area contributed by atoms with Gasteiger partial charge in [0.1, 0.15) is 0 Å². The summed E-state index contributed by atoms with van der Waals surface area (Å²) < 4.78 is 75.7. The van der Waals surface area contributed by atoms with E-state index >= 15 is 0 Å². The molecule has 1 N–H and O–H groups in total. The molecule has 0 aliphatic heterocycles. The molecule has 21 heavy (non-hydrogen) atoms. The van der Waals surface area contributed by atoms with Gasteiger partial charge in [-0.2, -0.15) is 0 Å². The van der Waals surface area contributed by atoms with Crippen LogP contribution in [0.1, 0.15) is 12.5 Å². The van der Waals surface area contributed by atoms with Gasteiger partial charge in [-0.25, -0.2) is 22.0 Å². The smallest absolute Gasteiger partial charge is 0.390 e. The summed E-state index contributed by atoms with van der Waals surface area (Å²) in [6, 6.07) is -0.0838. The molecule has 3 nitrogen and oxygen atoms in total. The Hall–Kier alpha value is -1.03. The Kier molecular flexibility index (Phi) is 5.85. The second kappa shape index (κ2) is 6.82. The molecule has 1 aromatic carbocycles. The number of halogens is 5. The van der Waals surface area contributed by atoms with Crippen molar-refractivity contribution in [3.8, 4) is 0 Å². The van der Waals surface area contributed by atoms with Gasteiger partial charge in [-0.1, -0.05) is 6.92 Å². The first-order valence-corrected chi connectivity index (χ1v) is 7.97. The summed E-state index contributed by atoms with van der Waals surface area (Å²) in [5.41, 5.74) is -0.914. The van der Waals surface area contributed by atoms with Crippen molar-refractivity contribution >= 4 is 8.80 Å². The van der Waals surface area contributed by atoms with E-state index in [1.165, 1.54) is 21.1 Å². The van der Waals surface area contributed by atoms with Crippen LogP contribution in [0, 0.1) is 35.0 Å². The second-order valence-electron chi connectivity index (χ2n) is 4.68. The van der Waals surface area contributed by atoms with E-state index < -0.39 is 55.8 Å². The summed E-state index contributed by atoms with van der Waals surface area (Å²) in [7, 11) is -1.08. The lowest BCUT2D eigenvalue weighted by Crippen LogP contribution is -2.42. The zero-order valence-electron chi connectivity index (χ0n) is 11.6. The van der Waals surface area contributed by atoms with Gasteiger partial charge in [-0.05, 0) is 12.3 Å². The van der Waals surface area contributed by atoms with Crippen LogP contribution in [0.2, 0.25) is 6.04 Å². The van der Waals surface area contributed by atoms with Crippen LogP contribution in [0.15, 0.2) is 0 Å². The van der Waals surface area contributed by atoms with Crippen LogP contribution in [0.4, 0.5) is 22.0 Å². The summed E-state index contributed by atoms with van der Waals surface area (Å²) in [6.07, 6.45) is -0.451. The standard InChI is InChI=1S/C12H15F5O3Si/c1-6(5-21(18,19-2)20-3)4-7-8(13)10(15)12(17)11(16)9(7)14/h6,18H,4-5H2,1-3H3. The third kappa shape index (κ3) is 3.79. The minimum Gasteiger partial charge on any atom is -0.390 e. The zero-order valence-corrected chi connectivity index (χ0v) is 12.6. The van der Waals surface area contributed by atoms with Gasteiger partial charge in [-0.15, -0.1) is 0 Å². The van der Waals surface area contributed by atoms with Gasteiger partial charge < -0.3 is 13.6 Å². The van der Waals surface area contributed by atoms with E-state index in [1.807, 2.05) is 0 Å². The van der Waals surface area contributed by atoms with E-state index in [-0.39, 0.29) is 6.04 Å². The van der Waals surface area contributed by atoms with Crippen LogP contribution in [0.5, 0.6) is 0 Å². The fraction of sp³-hybridized carbons (Fsp3) is 0.500. The molecule has 1 atom stereocenters. The molecule has 0 amide bonds. The predicted molar refractivity (Wildman–Crippen MR) is 65.9 cm³/mol. The number of hydrogen-bond acceptors (Lipinski definition) is 3. The average molecular weight is 330 g/mol. The normalized spacial score (nSPS) is 13.6. The van der Waals surface area contributed by atoms with Gasteiger partial charge in [0.05, 0.1) is 0 Å². The van der Waals surface area contributed by atoms with Crippen LogP contribution in [0.3, 0.4) is 0 Å². The van der Waals surface area contributed by atoms with Crippen molar-refractivity contribution in [1.29, 1.82) is 0 Å². The first-order chi connectivity index (χ1) is 9.66. The second-order valence-corrected chi connectivity index (χ2v) is 7.33. The molecule has 1 aromatic rings. The molecule has 0 bridgehead atoms. The largest absolute Gasteiger partial charge is 0.497 e. The molecule has 0 spiro atoms. The highest BCUT2D eigenvalue weighted by molar-refractivity contribution is 6.59. The Morgan fingerprint density at radius 3 is 1.67 bits per heavy atom. The van der Waals surface area contributed by atoms with Crippen molar-refractivity contribution in [2.75, 3.05) is 14.2 Å². The van der Waals surface area contributed by atoms with Crippen LogP contribution in [0.25, 0.3) is 0 Å². The Morgan fingerprint density at radius 2 is 1.29 bits per heavy atom. The van der Waals surface area contributed by atoms with Crippen LogP contribution < -0.4 is 0 Å². The molecule has 0 radical (unpaired) electrons. The summed E-state index contributed by atoms with van der Waals surface area (Å²) in [6.45, 7) is 1.48. The van der Waals surface area contributed by atoms with Crippen molar-refractivity contribution in [2.24, 2.45) is 5.92 Å². The Balaban J connectivity index is 3.04. The van der Waals surface area contributed by atoms with Crippen molar-refractivity contribution in [3.63, 3.8) is 0 Å². The summed E-state index contributed by atoms with van der Waals surface area (Å²) in [5, 5.41) is 0. The van der Waals surface area contributed by atoms with Gasteiger partial charge in [-0.3, -0.25) is 0 Å². The lowest BCUT2D eigenvalue weighted by molar-refractivity contribution is 0.145. The third-order valence-electron chi connectivity index (χ3n) is 3.10. The molecule has 0 saturated heterocycles. The fourth-order valence-electron chi connectivity index (χ4n) is 1.94. The number of hydrogen-bond donors (Lipinski definition) is 1. The number of benzene rings is 1. The first-order valence-electron chi connectivity index (χ1n) is 5.99. The van der Waals surface area contributed by atoms with E-state index in [4.69, 9.17) is 8.85 Å². The van der Waals surface area contributed by atoms with Crippen molar-refractivity contribution in [3.05, 3.63) is 34.6 Å². The minimum atomic E-state index is -3.49. The average Bonchev–Trinajstić information content (AvgIpc) is 2.47. The SMILES string of the molecule is CO[Si](O)(CC(C)Cc1c(F)c(F)c(F)c(F)c1F)OC. The maximum absolute atomic E-state index is 13.5. The maximum Gasteiger partial charge on any atom is 0.497 e. The lowest BCUT2D eigenvalue weighted by atomic mass is 10.0. The van der Waals surface area contributed by atoms with Crippen LogP contribution >= 0.6 is 0 Å². The first kappa shape index (κ1) is 18.0. The van der Waals surface area contributed by atoms with E-state index in [1.54, 1.807) is 0 Å². The summed E-state index contributed by atoms with van der Waals surface area (Å²) >= 11 is 0. The molecular weight excluding hydrogens is 315 g/mol. The lowest BCUT2D eigenvalue weighted by Gasteiger charge is -2.23. The molecule has 1 unspecified atom stereocenters. The highest BCUT2D eigenvalue weighted by Gasteiger charge is 2.37. The monoisotopic (exact) mass is 330 g/mol. The zero-order chi connectivity index (χ0) is 16.4. The van der Waals surface area contributed by atoms with Crippen LogP contribution in [-0.2, 0) is 15.3 Å². The third-order valence-corrected chi connectivity index (χ3v) is 5.59. The van der Waals surface area contributed by atoms with Crippen molar-refractivity contribution in [1.82, 2.24) is 0 Å². The quantitative estimate of drug-likeness (QED) is 0.377. The summed E-state index contributed by atoms with van der Waals surface area (Å²) in [5.74, 6) is -10.5. The Morgan fingerprint density at radius 1 is 0.905 bits per heavy atom.